The Balaban J connectivity index is 2.92. The third kappa shape index (κ3) is 4.86. The van der Waals surface area contributed by atoms with Gasteiger partial charge >= 0.3 is 0 Å². The fourth-order valence-electron chi connectivity index (χ4n) is 1.78. The Bertz CT molecular complexity index is 524. The first-order valence-electron chi connectivity index (χ1n) is 7.20. The maximum atomic E-state index is 12.1. The summed E-state index contributed by atoms with van der Waals surface area (Å²) in [6.07, 6.45) is 0. The molecule has 0 aliphatic heterocycles. The molecule has 0 saturated carbocycles. The van der Waals surface area contributed by atoms with Gasteiger partial charge in [-0.05, 0) is 45.4 Å². The summed E-state index contributed by atoms with van der Waals surface area (Å²) in [5.74, 6) is -0.581. The molecule has 4 N–H and O–H groups in total. The Morgan fingerprint density at radius 2 is 1.76 bits per heavy atom. The van der Waals surface area contributed by atoms with Crippen LogP contribution in [0, 0.1) is 12.8 Å². The highest BCUT2D eigenvalue weighted by Gasteiger charge is 2.18. The molecule has 2 atom stereocenters. The average molecular weight is 291 g/mol. The van der Waals surface area contributed by atoms with Crippen molar-refractivity contribution in [2.75, 3.05) is 5.32 Å². The van der Waals surface area contributed by atoms with Gasteiger partial charge in [-0.3, -0.25) is 9.59 Å². The van der Waals surface area contributed by atoms with Crippen molar-refractivity contribution in [2.24, 2.45) is 11.7 Å². The Labute approximate surface area is 126 Å². The molecule has 0 radical (unpaired) electrons. The summed E-state index contributed by atoms with van der Waals surface area (Å²) in [7, 11) is 0. The molecule has 2 unspecified atom stereocenters. The molecule has 5 heteroatoms. The first kappa shape index (κ1) is 17.2. The second-order valence-corrected chi connectivity index (χ2v) is 5.79. The van der Waals surface area contributed by atoms with Gasteiger partial charge in [0.05, 0.1) is 5.92 Å². The lowest BCUT2D eigenvalue weighted by Gasteiger charge is -2.16. The second kappa shape index (κ2) is 7.22. The van der Waals surface area contributed by atoms with E-state index in [0.29, 0.717) is 11.3 Å². The van der Waals surface area contributed by atoms with Gasteiger partial charge in [0.25, 0.3) is 5.91 Å². The van der Waals surface area contributed by atoms with Gasteiger partial charge in [-0.15, -0.1) is 0 Å². The maximum Gasteiger partial charge on any atom is 0.251 e. The molecule has 0 saturated heterocycles. The van der Waals surface area contributed by atoms with Crippen LogP contribution < -0.4 is 16.4 Å². The van der Waals surface area contributed by atoms with Crippen molar-refractivity contribution in [2.45, 2.75) is 46.7 Å². The minimum atomic E-state index is -0.292. The molecule has 0 heterocycles. The number of nitrogens with one attached hydrogen (secondary N) is 2. The minimum Gasteiger partial charge on any atom is -0.350 e. The normalized spacial score (nSPS) is 13.7. The summed E-state index contributed by atoms with van der Waals surface area (Å²) in [4.78, 5) is 24.1. The molecule has 21 heavy (non-hydrogen) atoms. The molecule has 2 amide bonds. The van der Waals surface area contributed by atoms with Gasteiger partial charge < -0.3 is 16.4 Å². The van der Waals surface area contributed by atoms with E-state index in [1.54, 1.807) is 26.0 Å². The number of benzene rings is 1. The van der Waals surface area contributed by atoms with Crippen molar-refractivity contribution < 1.29 is 9.59 Å². The maximum absolute atomic E-state index is 12.1. The number of hydrogen-bond acceptors (Lipinski definition) is 3. The zero-order valence-electron chi connectivity index (χ0n) is 13.4. The average Bonchev–Trinajstić information content (AvgIpc) is 2.38. The topological polar surface area (TPSA) is 84.2 Å². The minimum absolute atomic E-state index is 0.0632. The standard InChI is InChI=1S/C16H25N3O2/c1-9(2)18-16(21)14-8-13(7-6-10(14)3)19-15(20)11(4)12(5)17/h6-9,11-12H,17H2,1-5H3,(H,18,21)(H,19,20). The van der Waals surface area contributed by atoms with Gasteiger partial charge in [-0.1, -0.05) is 13.0 Å². The molecular weight excluding hydrogens is 266 g/mol. The molecule has 0 aliphatic carbocycles. The number of carbonyl (C=O) groups is 2. The van der Waals surface area contributed by atoms with Crippen LogP contribution in [0.25, 0.3) is 0 Å². The highest BCUT2D eigenvalue weighted by Crippen LogP contribution is 2.17. The van der Waals surface area contributed by atoms with Crippen molar-refractivity contribution in [3.8, 4) is 0 Å². The van der Waals surface area contributed by atoms with Crippen molar-refractivity contribution in [3.63, 3.8) is 0 Å². The highest BCUT2D eigenvalue weighted by molar-refractivity contribution is 5.98. The van der Waals surface area contributed by atoms with Crippen molar-refractivity contribution in [1.82, 2.24) is 5.32 Å². The number of nitrogens with two attached hydrogens (primary N) is 1. The van der Waals surface area contributed by atoms with E-state index in [9.17, 15) is 9.59 Å². The van der Waals surface area contributed by atoms with Gasteiger partial charge in [-0.25, -0.2) is 0 Å². The summed E-state index contributed by atoms with van der Waals surface area (Å²) in [6, 6.07) is 5.14. The van der Waals surface area contributed by atoms with E-state index in [4.69, 9.17) is 5.73 Å². The van der Waals surface area contributed by atoms with Crippen LogP contribution in [-0.2, 0) is 4.79 Å². The third-order valence-corrected chi connectivity index (χ3v) is 3.37. The van der Waals surface area contributed by atoms with Crippen LogP contribution in [0.2, 0.25) is 0 Å². The van der Waals surface area contributed by atoms with E-state index < -0.39 is 0 Å². The van der Waals surface area contributed by atoms with Crippen molar-refractivity contribution >= 4 is 17.5 Å². The third-order valence-electron chi connectivity index (χ3n) is 3.37. The second-order valence-electron chi connectivity index (χ2n) is 5.79. The van der Waals surface area contributed by atoms with Gasteiger partial charge in [0, 0.05) is 23.3 Å². The number of anilines is 1. The first-order valence-corrected chi connectivity index (χ1v) is 7.20. The summed E-state index contributed by atoms with van der Waals surface area (Å²) in [5, 5.41) is 5.65. The predicted octanol–water partition coefficient (Wildman–Crippen LogP) is 2.06. The van der Waals surface area contributed by atoms with Crippen LogP contribution in [-0.4, -0.2) is 23.9 Å². The molecule has 0 aromatic heterocycles. The van der Waals surface area contributed by atoms with E-state index in [1.165, 1.54) is 0 Å². The number of rotatable bonds is 5. The summed E-state index contributed by atoms with van der Waals surface area (Å²) in [5.41, 5.74) is 7.76. The molecule has 0 aliphatic rings. The van der Waals surface area contributed by atoms with Gasteiger partial charge in [0.15, 0.2) is 0 Å². The Kier molecular flexibility index (Phi) is 5.90. The number of hydrogen-bond donors (Lipinski definition) is 3. The monoisotopic (exact) mass is 291 g/mol. The number of amides is 2. The lowest BCUT2D eigenvalue weighted by molar-refractivity contribution is -0.119. The van der Waals surface area contributed by atoms with E-state index in [-0.39, 0.29) is 29.8 Å². The molecule has 0 bridgehead atoms. The molecule has 1 aromatic carbocycles. The molecular formula is C16H25N3O2. The number of aryl methyl sites for hydroxylation is 1. The first-order chi connectivity index (χ1) is 9.72. The summed E-state index contributed by atoms with van der Waals surface area (Å²) >= 11 is 0. The highest BCUT2D eigenvalue weighted by atomic mass is 16.2. The predicted molar refractivity (Wildman–Crippen MR) is 85.2 cm³/mol. The molecule has 116 valence electrons. The molecule has 1 aromatic rings. The largest absolute Gasteiger partial charge is 0.350 e. The lowest BCUT2D eigenvalue weighted by atomic mass is 10.0. The SMILES string of the molecule is Cc1ccc(NC(=O)C(C)C(C)N)cc1C(=O)NC(C)C. The van der Waals surface area contributed by atoms with E-state index in [1.807, 2.05) is 26.8 Å². The van der Waals surface area contributed by atoms with E-state index >= 15 is 0 Å². The molecule has 5 nitrogen and oxygen atoms in total. The fraction of sp³-hybridized carbons (Fsp3) is 0.500. The van der Waals surface area contributed by atoms with Crippen LogP contribution >= 0.6 is 0 Å². The van der Waals surface area contributed by atoms with E-state index in [0.717, 1.165) is 5.56 Å². The van der Waals surface area contributed by atoms with Gasteiger partial charge in [-0.2, -0.15) is 0 Å². The van der Waals surface area contributed by atoms with Crippen LogP contribution in [0.5, 0.6) is 0 Å². The Hall–Kier alpha value is -1.88. The summed E-state index contributed by atoms with van der Waals surface area (Å²) in [6.45, 7) is 9.25. The quantitative estimate of drug-likeness (QED) is 0.776. The van der Waals surface area contributed by atoms with Crippen molar-refractivity contribution in [3.05, 3.63) is 29.3 Å². The van der Waals surface area contributed by atoms with Crippen LogP contribution in [0.4, 0.5) is 5.69 Å². The zero-order chi connectivity index (χ0) is 16.2. The lowest BCUT2D eigenvalue weighted by Crippen LogP contribution is -2.34. The molecule has 0 fully saturated rings. The molecule has 0 spiro atoms. The Morgan fingerprint density at radius 1 is 1.14 bits per heavy atom. The smallest absolute Gasteiger partial charge is 0.251 e. The fourth-order valence-corrected chi connectivity index (χ4v) is 1.78. The number of carbonyl (C=O) groups excluding carboxylic acids is 2. The van der Waals surface area contributed by atoms with Crippen molar-refractivity contribution in [1.29, 1.82) is 0 Å². The van der Waals surface area contributed by atoms with Crippen LogP contribution in [0.15, 0.2) is 18.2 Å². The van der Waals surface area contributed by atoms with Gasteiger partial charge in [0.1, 0.15) is 0 Å². The Morgan fingerprint density at radius 3 is 2.29 bits per heavy atom. The van der Waals surface area contributed by atoms with E-state index in [2.05, 4.69) is 10.6 Å². The molecule has 1 rings (SSSR count). The zero-order valence-corrected chi connectivity index (χ0v) is 13.4. The van der Waals surface area contributed by atoms with Gasteiger partial charge in [0.2, 0.25) is 5.91 Å². The van der Waals surface area contributed by atoms with Crippen LogP contribution in [0.1, 0.15) is 43.6 Å². The van der Waals surface area contributed by atoms with Crippen LogP contribution in [0.3, 0.4) is 0 Å². The summed E-state index contributed by atoms with van der Waals surface area (Å²) < 4.78 is 0.